The number of methoxy groups -OCH3 is 1. The summed E-state index contributed by atoms with van der Waals surface area (Å²) in [7, 11) is 3.22. The fourth-order valence-corrected chi connectivity index (χ4v) is 1.39. The van der Waals surface area contributed by atoms with Gasteiger partial charge in [0.25, 0.3) is 0 Å². The first-order valence-corrected chi connectivity index (χ1v) is 6.14. The number of halogens is 1. The molecule has 0 radical (unpaired) electrons. The molecule has 0 aromatic heterocycles. The molecule has 6 nitrogen and oxygen atoms in total. The van der Waals surface area contributed by atoms with Crippen molar-refractivity contribution in [3.05, 3.63) is 30.1 Å². The summed E-state index contributed by atoms with van der Waals surface area (Å²) < 4.78 is 17.6. The molecule has 20 heavy (non-hydrogen) atoms. The van der Waals surface area contributed by atoms with Gasteiger partial charge in [-0.05, 0) is 24.3 Å². The predicted octanol–water partition coefficient (Wildman–Crippen LogP) is 0.576. The van der Waals surface area contributed by atoms with Crippen LogP contribution >= 0.6 is 0 Å². The van der Waals surface area contributed by atoms with Gasteiger partial charge in [-0.2, -0.15) is 0 Å². The molecule has 0 spiro atoms. The average molecular weight is 282 g/mol. The Hall–Kier alpha value is -2.15. The maximum atomic E-state index is 12.7. The Morgan fingerprint density at radius 1 is 1.30 bits per heavy atom. The monoisotopic (exact) mass is 282 g/mol. The summed E-state index contributed by atoms with van der Waals surface area (Å²) in [4.78, 5) is 15.6. The van der Waals surface area contributed by atoms with E-state index in [1.807, 2.05) is 0 Å². The van der Waals surface area contributed by atoms with E-state index < -0.39 is 0 Å². The number of nitrogens with one attached hydrogen (secondary N) is 3. The van der Waals surface area contributed by atoms with Crippen LogP contribution in [0.25, 0.3) is 0 Å². The van der Waals surface area contributed by atoms with E-state index in [1.165, 1.54) is 24.3 Å². The van der Waals surface area contributed by atoms with Gasteiger partial charge in [0.15, 0.2) is 5.96 Å². The molecule has 3 N–H and O–H groups in total. The molecule has 0 unspecified atom stereocenters. The van der Waals surface area contributed by atoms with Gasteiger partial charge in [-0.3, -0.25) is 9.79 Å². The van der Waals surface area contributed by atoms with Gasteiger partial charge in [0.1, 0.15) is 5.82 Å². The van der Waals surface area contributed by atoms with Gasteiger partial charge in [-0.1, -0.05) is 0 Å². The second kappa shape index (κ2) is 8.87. The summed E-state index contributed by atoms with van der Waals surface area (Å²) in [5.74, 6) is -0.0773. The average Bonchev–Trinajstić information content (AvgIpc) is 2.45. The van der Waals surface area contributed by atoms with Crippen molar-refractivity contribution in [2.45, 2.75) is 0 Å². The molecule has 0 aliphatic carbocycles. The fourth-order valence-electron chi connectivity index (χ4n) is 1.39. The number of rotatable bonds is 6. The Bertz CT molecular complexity index is 448. The fraction of sp³-hybridized carbons (Fsp3) is 0.385. The molecule has 0 saturated carbocycles. The molecule has 110 valence electrons. The zero-order chi connectivity index (χ0) is 14.8. The first-order valence-electron chi connectivity index (χ1n) is 6.14. The Labute approximate surface area is 117 Å². The number of anilines is 1. The van der Waals surface area contributed by atoms with Crippen molar-refractivity contribution < 1.29 is 13.9 Å². The summed E-state index contributed by atoms with van der Waals surface area (Å²) in [6.07, 6.45) is 0. The smallest absolute Gasteiger partial charge is 0.243 e. The van der Waals surface area contributed by atoms with Crippen molar-refractivity contribution in [1.29, 1.82) is 0 Å². The number of ether oxygens (including phenoxy) is 1. The lowest BCUT2D eigenvalue weighted by molar-refractivity contribution is -0.115. The van der Waals surface area contributed by atoms with Gasteiger partial charge in [0.2, 0.25) is 5.91 Å². The third-order valence-electron chi connectivity index (χ3n) is 2.37. The number of hydrogen-bond donors (Lipinski definition) is 3. The molecular weight excluding hydrogens is 263 g/mol. The molecule has 0 atom stereocenters. The first kappa shape index (κ1) is 15.9. The van der Waals surface area contributed by atoms with Crippen molar-refractivity contribution in [2.75, 3.05) is 39.2 Å². The normalized spacial score (nSPS) is 11.1. The van der Waals surface area contributed by atoms with Crippen LogP contribution in [0.3, 0.4) is 0 Å². The molecule has 0 fully saturated rings. The van der Waals surface area contributed by atoms with E-state index in [0.717, 1.165) is 0 Å². The van der Waals surface area contributed by atoms with E-state index in [0.29, 0.717) is 24.8 Å². The molecule has 1 amide bonds. The van der Waals surface area contributed by atoms with E-state index in [-0.39, 0.29) is 18.3 Å². The van der Waals surface area contributed by atoms with Crippen LogP contribution in [0.15, 0.2) is 29.3 Å². The maximum Gasteiger partial charge on any atom is 0.243 e. The molecular formula is C13H19FN4O2. The number of amides is 1. The van der Waals surface area contributed by atoms with Crippen LogP contribution in [0, 0.1) is 5.82 Å². The lowest BCUT2D eigenvalue weighted by Crippen LogP contribution is -2.42. The first-order chi connectivity index (χ1) is 9.65. The summed E-state index contributed by atoms with van der Waals surface area (Å²) in [5.41, 5.74) is 0.542. The summed E-state index contributed by atoms with van der Waals surface area (Å²) in [6.45, 7) is 1.20. The lowest BCUT2D eigenvalue weighted by atomic mass is 10.3. The Morgan fingerprint density at radius 2 is 2.00 bits per heavy atom. The highest BCUT2D eigenvalue weighted by Gasteiger charge is 2.04. The van der Waals surface area contributed by atoms with E-state index in [1.54, 1.807) is 14.2 Å². The highest BCUT2D eigenvalue weighted by molar-refractivity contribution is 5.94. The summed E-state index contributed by atoms with van der Waals surface area (Å²) in [6, 6.07) is 5.57. The molecule has 1 rings (SSSR count). The molecule has 0 bridgehead atoms. The largest absolute Gasteiger partial charge is 0.383 e. The minimum absolute atomic E-state index is 0.0596. The van der Waals surface area contributed by atoms with E-state index in [9.17, 15) is 9.18 Å². The quantitative estimate of drug-likeness (QED) is 0.405. The number of aliphatic imine (C=N–C) groups is 1. The second-order valence-corrected chi connectivity index (χ2v) is 3.90. The van der Waals surface area contributed by atoms with E-state index in [4.69, 9.17) is 4.74 Å². The number of guanidine groups is 1. The third kappa shape index (κ3) is 6.14. The number of carbonyl (C=O) groups is 1. The SMILES string of the molecule is CN=C(NCCOC)NCC(=O)Nc1ccc(F)cc1. The van der Waals surface area contributed by atoms with Gasteiger partial charge in [-0.15, -0.1) is 0 Å². The Morgan fingerprint density at radius 3 is 2.60 bits per heavy atom. The second-order valence-electron chi connectivity index (χ2n) is 3.90. The van der Waals surface area contributed by atoms with Crippen LogP contribution in [0.5, 0.6) is 0 Å². The molecule has 1 aromatic rings. The van der Waals surface area contributed by atoms with Crippen LogP contribution in [-0.2, 0) is 9.53 Å². The zero-order valence-electron chi connectivity index (χ0n) is 11.6. The van der Waals surface area contributed by atoms with Crippen molar-refractivity contribution in [3.8, 4) is 0 Å². The van der Waals surface area contributed by atoms with Gasteiger partial charge in [-0.25, -0.2) is 4.39 Å². The third-order valence-corrected chi connectivity index (χ3v) is 2.37. The zero-order valence-corrected chi connectivity index (χ0v) is 11.6. The number of nitrogens with zero attached hydrogens (tertiary/aromatic N) is 1. The minimum Gasteiger partial charge on any atom is -0.383 e. The maximum absolute atomic E-state index is 12.7. The van der Waals surface area contributed by atoms with Crippen molar-refractivity contribution in [3.63, 3.8) is 0 Å². The van der Waals surface area contributed by atoms with Crippen molar-refractivity contribution in [1.82, 2.24) is 10.6 Å². The predicted molar refractivity (Wildman–Crippen MR) is 76.3 cm³/mol. The molecule has 0 saturated heterocycles. The van der Waals surface area contributed by atoms with Crippen molar-refractivity contribution in [2.24, 2.45) is 4.99 Å². The Kier molecular flexibility index (Phi) is 7.05. The minimum atomic E-state index is -0.344. The van der Waals surface area contributed by atoms with Gasteiger partial charge in [0.05, 0.1) is 13.2 Å². The lowest BCUT2D eigenvalue weighted by Gasteiger charge is -2.11. The van der Waals surface area contributed by atoms with Gasteiger partial charge < -0.3 is 20.7 Å². The van der Waals surface area contributed by atoms with E-state index in [2.05, 4.69) is 20.9 Å². The molecule has 1 aromatic carbocycles. The number of hydrogen-bond acceptors (Lipinski definition) is 3. The summed E-state index contributed by atoms with van der Waals surface area (Å²) >= 11 is 0. The molecule has 7 heteroatoms. The number of carbonyl (C=O) groups excluding carboxylic acids is 1. The van der Waals surface area contributed by atoms with Crippen LogP contribution in [0.1, 0.15) is 0 Å². The Balaban J connectivity index is 2.33. The van der Waals surface area contributed by atoms with Crippen LogP contribution in [0.4, 0.5) is 10.1 Å². The topological polar surface area (TPSA) is 74.8 Å². The van der Waals surface area contributed by atoms with E-state index >= 15 is 0 Å². The van der Waals surface area contributed by atoms with Crippen molar-refractivity contribution >= 4 is 17.6 Å². The van der Waals surface area contributed by atoms with Gasteiger partial charge in [0, 0.05) is 26.4 Å². The molecule has 0 heterocycles. The molecule has 0 aliphatic rings. The van der Waals surface area contributed by atoms with Crippen LogP contribution in [0.2, 0.25) is 0 Å². The molecule has 0 aliphatic heterocycles. The van der Waals surface area contributed by atoms with Crippen LogP contribution in [-0.4, -0.2) is 45.7 Å². The number of benzene rings is 1. The van der Waals surface area contributed by atoms with Crippen LogP contribution < -0.4 is 16.0 Å². The highest BCUT2D eigenvalue weighted by atomic mass is 19.1. The summed E-state index contributed by atoms with van der Waals surface area (Å²) in [5, 5.41) is 8.48. The van der Waals surface area contributed by atoms with Gasteiger partial charge >= 0.3 is 0 Å². The highest BCUT2D eigenvalue weighted by Crippen LogP contribution is 2.07. The standard InChI is InChI=1S/C13H19FN4O2/c1-15-13(16-7-8-20-2)17-9-12(19)18-11-5-3-10(14)4-6-11/h3-6H,7-9H2,1-2H3,(H,18,19)(H2,15,16,17).